The zero-order chi connectivity index (χ0) is 19.8. The predicted molar refractivity (Wildman–Crippen MR) is 109 cm³/mol. The standard InChI is InChI=1S/C22H16FN3OS/c23-17-10-12-18(13-11-17)25-15-16(14-24)22(27)26-20-8-4-5-9-21(20)28-19-6-2-1-3-7-19/h1-13,15,25H,(H,26,27)/b16-15-. The van der Waals surface area contributed by atoms with Crippen LogP contribution in [0.3, 0.4) is 0 Å². The van der Waals surface area contributed by atoms with Gasteiger partial charge in [0.2, 0.25) is 0 Å². The summed E-state index contributed by atoms with van der Waals surface area (Å²) < 4.78 is 13.0. The van der Waals surface area contributed by atoms with Crippen LogP contribution in [0.1, 0.15) is 0 Å². The summed E-state index contributed by atoms with van der Waals surface area (Å²) in [6, 6.07) is 24.7. The number of rotatable bonds is 6. The lowest BCUT2D eigenvalue weighted by atomic mass is 10.2. The number of hydrogen-bond acceptors (Lipinski definition) is 4. The van der Waals surface area contributed by atoms with Crippen molar-refractivity contribution in [3.8, 4) is 6.07 Å². The third-order valence-corrected chi connectivity index (χ3v) is 4.78. The zero-order valence-corrected chi connectivity index (χ0v) is 15.5. The van der Waals surface area contributed by atoms with Crippen LogP contribution in [0.15, 0.2) is 100 Å². The minimum absolute atomic E-state index is 0.0937. The summed E-state index contributed by atoms with van der Waals surface area (Å²) >= 11 is 1.52. The lowest BCUT2D eigenvalue weighted by Gasteiger charge is -2.10. The summed E-state index contributed by atoms with van der Waals surface area (Å²) in [4.78, 5) is 14.4. The fraction of sp³-hybridized carbons (Fsp3) is 0. The molecule has 0 fully saturated rings. The quantitative estimate of drug-likeness (QED) is 0.435. The number of amides is 1. The highest BCUT2D eigenvalue weighted by molar-refractivity contribution is 7.99. The van der Waals surface area contributed by atoms with Gasteiger partial charge in [0.05, 0.1) is 5.69 Å². The van der Waals surface area contributed by atoms with E-state index in [2.05, 4.69) is 10.6 Å². The van der Waals surface area contributed by atoms with E-state index in [0.29, 0.717) is 11.4 Å². The Bertz CT molecular complexity index is 1030. The van der Waals surface area contributed by atoms with Crippen LogP contribution in [0.2, 0.25) is 0 Å². The number of para-hydroxylation sites is 1. The van der Waals surface area contributed by atoms with Crippen LogP contribution in [0.4, 0.5) is 15.8 Å². The van der Waals surface area contributed by atoms with Gasteiger partial charge in [0.25, 0.3) is 5.91 Å². The van der Waals surface area contributed by atoms with Crippen molar-refractivity contribution < 1.29 is 9.18 Å². The highest BCUT2D eigenvalue weighted by Gasteiger charge is 2.12. The SMILES string of the molecule is N#C/C(=C/Nc1ccc(F)cc1)C(=O)Nc1ccccc1Sc1ccccc1. The third-order valence-electron chi connectivity index (χ3n) is 3.70. The maximum atomic E-state index is 13.0. The van der Waals surface area contributed by atoms with Gasteiger partial charge in [-0.15, -0.1) is 0 Å². The zero-order valence-electron chi connectivity index (χ0n) is 14.7. The molecule has 6 heteroatoms. The van der Waals surface area contributed by atoms with Gasteiger partial charge in [-0.05, 0) is 48.5 Å². The number of hydrogen-bond donors (Lipinski definition) is 2. The van der Waals surface area contributed by atoms with Gasteiger partial charge < -0.3 is 10.6 Å². The minimum Gasteiger partial charge on any atom is -0.360 e. The number of carbonyl (C=O) groups is 1. The maximum Gasteiger partial charge on any atom is 0.267 e. The molecular weight excluding hydrogens is 373 g/mol. The molecule has 3 aromatic carbocycles. The largest absolute Gasteiger partial charge is 0.360 e. The Morgan fingerprint density at radius 3 is 2.36 bits per heavy atom. The maximum absolute atomic E-state index is 13.0. The van der Waals surface area contributed by atoms with E-state index in [0.717, 1.165) is 9.79 Å². The van der Waals surface area contributed by atoms with Gasteiger partial charge in [-0.1, -0.05) is 42.1 Å². The Hall–Kier alpha value is -3.56. The van der Waals surface area contributed by atoms with Crippen molar-refractivity contribution in [1.82, 2.24) is 0 Å². The first-order chi connectivity index (χ1) is 13.7. The summed E-state index contributed by atoms with van der Waals surface area (Å²) in [7, 11) is 0. The first kappa shape index (κ1) is 19.2. The van der Waals surface area contributed by atoms with Crippen LogP contribution in [0.5, 0.6) is 0 Å². The van der Waals surface area contributed by atoms with Crippen molar-refractivity contribution in [3.05, 3.63) is 96.5 Å². The normalized spacial score (nSPS) is 10.8. The van der Waals surface area contributed by atoms with Crippen molar-refractivity contribution in [3.63, 3.8) is 0 Å². The van der Waals surface area contributed by atoms with Crippen molar-refractivity contribution in [2.24, 2.45) is 0 Å². The third kappa shape index (κ3) is 5.22. The van der Waals surface area contributed by atoms with Crippen LogP contribution < -0.4 is 10.6 Å². The summed E-state index contributed by atoms with van der Waals surface area (Å²) in [6.07, 6.45) is 1.30. The number of benzene rings is 3. The fourth-order valence-electron chi connectivity index (χ4n) is 2.31. The minimum atomic E-state index is -0.529. The molecule has 28 heavy (non-hydrogen) atoms. The van der Waals surface area contributed by atoms with E-state index in [1.807, 2.05) is 54.6 Å². The molecule has 0 aliphatic rings. The molecule has 4 nitrogen and oxygen atoms in total. The Balaban J connectivity index is 1.73. The van der Waals surface area contributed by atoms with E-state index < -0.39 is 5.91 Å². The summed E-state index contributed by atoms with van der Waals surface area (Å²) in [5.74, 6) is -0.890. The first-order valence-corrected chi connectivity index (χ1v) is 9.23. The van der Waals surface area contributed by atoms with Crippen molar-refractivity contribution in [2.75, 3.05) is 10.6 Å². The van der Waals surface area contributed by atoms with Gasteiger partial charge in [0.1, 0.15) is 17.5 Å². The van der Waals surface area contributed by atoms with Gasteiger partial charge in [-0.3, -0.25) is 4.79 Å². The summed E-state index contributed by atoms with van der Waals surface area (Å²) in [5.41, 5.74) is 1.09. The molecule has 3 aromatic rings. The van der Waals surface area contributed by atoms with E-state index >= 15 is 0 Å². The molecule has 0 unspecified atom stereocenters. The smallest absolute Gasteiger partial charge is 0.267 e. The fourth-order valence-corrected chi connectivity index (χ4v) is 3.24. The molecule has 2 N–H and O–H groups in total. The second kappa shape index (κ2) is 9.40. The molecular formula is C22H16FN3OS. The Morgan fingerprint density at radius 1 is 0.964 bits per heavy atom. The van der Waals surface area contributed by atoms with Crippen LogP contribution in [0, 0.1) is 17.1 Å². The average Bonchev–Trinajstić information content (AvgIpc) is 2.72. The van der Waals surface area contributed by atoms with Gasteiger partial charge in [-0.25, -0.2) is 4.39 Å². The van der Waals surface area contributed by atoms with Crippen LogP contribution in [-0.2, 0) is 4.79 Å². The number of nitriles is 1. The Kier molecular flexibility index (Phi) is 6.45. The Morgan fingerprint density at radius 2 is 1.64 bits per heavy atom. The summed E-state index contributed by atoms with van der Waals surface area (Å²) in [5, 5.41) is 14.9. The summed E-state index contributed by atoms with van der Waals surface area (Å²) in [6.45, 7) is 0. The number of nitrogens with one attached hydrogen (secondary N) is 2. The van der Waals surface area contributed by atoms with E-state index in [9.17, 15) is 14.4 Å². The molecule has 0 aliphatic heterocycles. The van der Waals surface area contributed by atoms with Crippen molar-refractivity contribution >= 4 is 29.0 Å². The van der Waals surface area contributed by atoms with Crippen molar-refractivity contribution in [2.45, 2.75) is 9.79 Å². The van der Waals surface area contributed by atoms with Gasteiger partial charge in [0, 0.05) is 21.7 Å². The molecule has 0 heterocycles. The van der Waals surface area contributed by atoms with Gasteiger partial charge in [-0.2, -0.15) is 5.26 Å². The van der Waals surface area contributed by atoms with Crippen molar-refractivity contribution in [1.29, 1.82) is 5.26 Å². The molecule has 0 saturated heterocycles. The second-order valence-corrected chi connectivity index (χ2v) is 6.80. The lowest BCUT2D eigenvalue weighted by Crippen LogP contribution is -2.15. The van der Waals surface area contributed by atoms with E-state index in [4.69, 9.17) is 0 Å². The van der Waals surface area contributed by atoms with E-state index in [-0.39, 0.29) is 11.4 Å². The number of anilines is 2. The van der Waals surface area contributed by atoms with Crippen LogP contribution >= 0.6 is 11.8 Å². The number of halogens is 1. The molecule has 0 radical (unpaired) electrons. The topological polar surface area (TPSA) is 64.9 Å². The molecule has 138 valence electrons. The molecule has 1 amide bonds. The predicted octanol–water partition coefficient (Wildman–Crippen LogP) is 5.43. The highest BCUT2D eigenvalue weighted by Crippen LogP contribution is 2.33. The molecule has 0 bridgehead atoms. The monoisotopic (exact) mass is 389 g/mol. The molecule has 0 aliphatic carbocycles. The number of nitrogens with zero attached hydrogens (tertiary/aromatic N) is 1. The molecule has 0 aromatic heterocycles. The van der Waals surface area contributed by atoms with Crippen LogP contribution in [0.25, 0.3) is 0 Å². The average molecular weight is 389 g/mol. The first-order valence-electron chi connectivity index (χ1n) is 8.41. The van der Waals surface area contributed by atoms with E-state index in [1.54, 1.807) is 6.07 Å². The number of carbonyl (C=O) groups excluding carboxylic acids is 1. The molecule has 3 rings (SSSR count). The lowest BCUT2D eigenvalue weighted by molar-refractivity contribution is -0.112. The molecule has 0 atom stereocenters. The molecule has 0 spiro atoms. The van der Waals surface area contributed by atoms with Crippen LogP contribution in [-0.4, -0.2) is 5.91 Å². The second-order valence-electron chi connectivity index (χ2n) is 5.69. The van der Waals surface area contributed by atoms with Gasteiger partial charge in [0.15, 0.2) is 0 Å². The molecule has 0 saturated carbocycles. The van der Waals surface area contributed by atoms with E-state index in [1.165, 1.54) is 42.2 Å². The highest BCUT2D eigenvalue weighted by atomic mass is 32.2. The van der Waals surface area contributed by atoms with Gasteiger partial charge >= 0.3 is 0 Å². The Labute approximate surface area is 166 Å².